The highest BCUT2D eigenvalue weighted by Crippen LogP contribution is 2.36. The standard InChI is InChI=1S/C28H28N2O8S/c1-7-37-27(33)23-15(2)29-28-30(24(23)17-11-12-19(38-16(3)31)21(13-17)35-5)26(32)22(39-28)14-18-9-8-10-20(34-4)25(18)36-6/h8-14,24H,7H2,1-6H3/b22-14+. The van der Waals surface area contributed by atoms with Gasteiger partial charge in [0.1, 0.15) is 0 Å². The summed E-state index contributed by atoms with van der Waals surface area (Å²) >= 11 is 1.19. The van der Waals surface area contributed by atoms with Crippen molar-refractivity contribution in [2.24, 2.45) is 4.99 Å². The molecule has 0 N–H and O–H groups in total. The number of carbonyl (C=O) groups excluding carboxylic acids is 2. The second kappa shape index (κ2) is 11.6. The largest absolute Gasteiger partial charge is 0.493 e. The van der Waals surface area contributed by atoms with E-state index in [1.165, 1.54) is 44.2 Å². The van der Waals surface area contributed by atoms with Gasteiger partial charge in [-0.3, -0.25) is 14.2 Å². The number of carbonyl (C=O) groups is 2. The zero-order chi connectivity index (χ0) is 28.3. The van der Waals surface area contributed by atoms with Crippen molar-refractivity contribution in [1.29, 1.82) is 0 Å². The van der Waals surface area contributed by atoms with Crippen LogP contribution >= 0.6 is 11.3 Å². The lowest BCUT2D eigenvalue weighted by Crippen LogP contribution is -2.40. The maximum atomic E-state index is 13.9. The molecule has 1 atom stereocenters. The van der Waals surface area contributed by atoms with Gasteiger partial charge in [0.05, 0.1) is 49.8 Å². The summed E-state index contributed by atoms with van der Waals surface area (Å²) in [4.78, 5) is 43.6. The molecule has 39 heavy (non-hydrogen) atoms. The molecular weight excluding hydrogens is 524 g/mol. The first-order valence-electron chi connectivity index (χ1n) is 12.0. The van der Waals surface area contributed by atoms with E-state index in [9.17, 15) is 14.4 Å². The monoisotopic (exact) mass is 552 g/mol. The summed E-state index contributed by atoms with van der Waals surface area (Å²) < 4.78 is 28.8. The number of benzene rings is 2. The Bertz CT molecular complexity index is 1650. The first-order chi connectivity index (χ1) is 18.7. The van der Waals surface area contributed by atoms with Gasteiger partial charge in [-0.2, -0.15) is 0 Å². The molecule has 3 aromatic rings. The number of methoxy groups -OCH3 is 3. The van der Waals surface area contributed by atoms with Crippen molar-refractivity contribution < 1.29 is 33.3 Å². The topological polar surface area (TPSA) is 115 Å². The fraction of sp³-hybridized carbons (Fsp3) is 0.286. The van der Waals surface area contributed by atoms with Crippen molar-refractivity contribution >= 4 is 29.4 Å². The smallest absolute Gasteiger partial charge is 0.338 e. The zero-order valence-electron chi connectivity index (χ0n) is 22.4. The predicted molar refractivity (Wildman–Crippen MR) is 144 cm³/mol. The van der Waals surface area contributed by atoms with Crippen LogP contribution in [0.25, 0.3) is 6.08 Å². The molecule has 0 radical (unpaired) electrons. The summed E-state index contributed by atoms with van der Waals surface area (Å²) in [6.07, 6.45) is 1.70. The van der Waals surface area contributed by atoms with E-state index in [4.69, 9.17) is 23.7 Å². The van der Waals surface area contributed by atoms with Gasteiger partial charge in [-0.15, -0.1) is 0 Å². The Morgan fingerprint density at radius 3 is 2.44 bits per heavy atom. The van der Waals surface area contributed by atoms with Crippen LogP contribution in [-0.4, -0.2) is 44.4 Å². The lowest BCUT2D eigenvalue weighted by Gasteiger charge is -2.25. The fourth-order valence-electron chi connectivity index (χ4n) is 4.37. The molecule has 1 aromatic heterocycles. The van der Waals surface area contributed by atoms with Gasteiger partial charge >= 0.3 is 11.9 Å². The molecule has 0 bridgehead atoms. The number of para-hydroxylation sites is 1. The van der Waals surface area contributed by atoms with Gasteiger partial charge < -0.3 is 23.7 Å². The van der Waals surface area contributed by atoms with Crippen LogP contribution in [0.4, 0.5) is 0 Å². The first kappa shape index (κ1) is 27.6. The summed E-state index contributed by atoms with van der Waals surface area (Å²) in [6.45, 7) is 4.84. The van der Waals surface area contributed by atoms with E-state index in [0.717, 1.165) is 0 Å². The van der Waals surface area contributed by atoms with Crippen molar-refractivity contribution in [1.82, 2.24) is 4.57 Å². The van der Waals surface area contributed by atoms with Gasteiger partial charge in [0, 0.05) is 12.5 Å². The van der Waals surface area contributed by atoms with E-state index in [1.54, 1.807) is 50.3 Å². The average Bonchev–Trinajstić information content (AvgIpc) is 3.21. The molecule has 1 aliphatic heterocycles. The Balaban J connectivity index is 1.97. The van der Waals surface area contributed by atoms with E-state index in [-0.39, 0.29) is 29.2 Å². The minimum atomic E-state index is -0.866. The number of ether oxygens (including phenoxy) is 5. The second-order valence-electron chi connectivity index (χ2n) is 8.39. The van der Waals surface area contributed by atoms with Gasteiger partial charge in [0.2, 0.25) is 0 Å². The minimum Gasteiger partial charge on any atom is -0.493 e. The summed E-state index contributed by atoms with van der Waals surface area (Å²) in [6, 6.07) is 9.37. The number of allylic oxidation sites excluding steroid dienone is 1. The highest BCUT2D eigenvalue weighted by atomic mass is 32.1. The maximum Gasteiger partial charge on any atom is 0.338 e. The molecule has 2 heterocycles. The van der Waals surface area contributed by atoms with Crippen molar-refractivity contribution in [3.8, 4) is 23.0 Å². The van der Waals surface area contributed by atoms with Crippen LogP contribution in [0.2, 0.25) is 0 Å². The molecule has 1 unspecified atom stereocenters. The molecule has 1 aliphatic rings. The number of hydrogen-bond acceptors (Lipinski definition) is 10. The summed E-state index contributed by atoms with van der Waals surface area (Å²) in [5.74, 6) is 0.392. The Hall–Kier alpha value is -4.38. The number of thiazole rings is 1. The Morgan fingerprint density at radius 1 is 1.05 bits per heavy atom. The van der Waals surface area contributed by atoms with Crippen molar-refractivity contribution in [2.45, 2.75) is 26.8 Å². The highest BCUT2D eigenvalue weighted by Gasteiger charge is 2.34. The number of fused-ring (bicyclic) bond motifs is 1. The maximum absolute atomic E-state index is 13.9. The predicted octanol–water partition coefficient (Wildman–Crippen LogP) is 2.75. The number of hydrogen-bond donors (Lipinski definition) is 0. The van der Waals surface area contributed by atoms with Gasteiger partial charge in [-0.05, 0) is 43.7 Å². The van der Waals surface area contributed by atoms with E-state index >= 15 is 0 Å². The van der Waals surface area contributed by atoms with Gasteiger partial charge in [-0.1, -0.05) is 29.5 Å². The molecule has 0 fully saturated rings. The molecule has 0 amide bonds. The SMILES string of the molecule is CCOC(=O)C1=C(C)N=c2s/c(=C/c3cccc(OC)c3OC)c(=O)n2C1c1ccc(OC(C)=O)c(OC)c1. The molecule has 0 saturated heterocycles. The van der Waals surface area contributed by atoms with Crippen molar-refractivity contribution in [2.75, 3.05) is 27.9 Å². The van der Waals surface area contributed by atoms with Crippen molar-refractivity contribution in [3.05, 3.63) is 78.5 Å². The van der Waals surface area contributed by atoms with Crippen LogP contribution in [-0.2, 0) is 14.3 Å². The van der Waals surface area contributed by atoms with Gasteiger partial charge in [0.15, 0.2) is 27.8 Å². The summed E-state index contributed by atoms with van der Waals surface area (Å²) in [5, 5.41) is 0. The number of esters is 2. The third kappa shape index (κ3) is 5.30. The van der Waals surface area contributed by atoms with Gasteiger partial charge in [-0.25, -0.2) is 9.79 Å². The quantitative estimate of drug-likeness (QED) is 0.310. The second-order valence-corrected chi connectivity index (χ2v) is 9.40. The Morgan fingerprint density at radius 2 is 1.79 bits per heavy atom. The fourth-order valence-corrected chi connectivity index (χ4v) is 5.40. The number of nitrogens with zero attached hydrogens (tertiary/aromatic N) is 2. The van der Waals surface area contributed by atoms with Crippen LogP contribution < -0.4 is 33.8 Å². The van der Waals surface area contributed by atoms with Crippen LogP contribution in [0.5, 0.6) is 23.0 Å². The normalized spacial score (nSPS) is 14.8. The lowest BCUT2D eigenvalue weighted by molar-refractivity contribution is -0.139. The van der Waals surface area contributed by atoms with Crippen LogP contribution in [0, 0.1) is 0 Å². The number of aromatic nitrogens is 1. The molecule has 11 heteroatoms. The zero-order valence-corrected chi connectivity index (χ0v) is 23.2. The molecule has 10 nitrogen and oxygen atoms in total. The van der Waals surface area contributed by atoms with E-state index in [1.807, 2.05) is 6.07 Å². The molecule has 2 aromatic carbocycles. The average molecular weight is 553 g/mol. The van der Waals surface area contributed by atoms with Crippen molar-refractivity contribution in [3.63, 3.8) is 0 Å². The summed E-state index contributed by atoms with van der Waals surface area (Å²) in [5.41, 5.74) is 1.48. The highest BCUT2D eigenvalue weighted by molar-refractivity contribution is 7.07. The third-order valence-electron chi connectivity index (χ3n) is 5.99. The van der Waals surface area contributed by atoms with E-state index in [2.05, 4.69) is 4.99 Å². The minimum absolute atomic E-state index is 0.150. The van der Waals surface area contributed by atoms with Crippen LogP contribution in [0.15, 0.2) is 57.5 Å². The van der Waals surface area contributed by atoms with Crippen LogP contribution in [0.1, 0.15) is 37.9 Å². The Kier molecular flexibility index (Phi) is 8.20. The van der Waals surface area contributed by atoms with E-state index < -0.39 is 18.0 Å². The first-order valence-corrected chi connectivity index (χ1v) is 12.8. The molecule has 4 rings (SSSR count). The Labute approximate surface area is 228 Å². The summed E-state index contributed by atoms with van der Waals surface area (Å²) in [7, 11) is 4.50. The molecule has 0 aliphatic carbocycles. The molecular formula is C28H28N2O8S. The van der Waals surface area contributed by atoms with Gasteiger partial charge in [0.25, 0.3) is 5.56 Å². The van der Waals surface area contributed by atoms with E-state index in [0.29, 0.717) is 37.7 Å². The number of rotatable bonds is 8. The third-order valence-corrected chi connectivity index (χ3v) is 6.98. The molecule has 0 spiro atoms. The molecule has 0 saturated carbocycles. The van der Waals surface area contributed by atoms with Crippen LogP contribution in [0.3, 0.4) is 0 Å². The molecule has 204 valence electrons. The lowest BCUT2D eigenvalue weighted by atomic mass is 9.95.